The predicted octanol–water partition coefficient (Wildman–Crippen LogP) is 2.68. The monoisotopic (exact) mass is 357 g/mol. The Balaban J connectivity index is 1.62. The van der Waals surface area contributed by atoms with Crippen molar-refractivity contribution in [3.63, 3.8) is 0 Å². The van der Waals surface area contributed by atoms with Crippen molar-refractivity contribution in [2.75, 3.05) is 26.3 Å². The Labute approximate surface area is 149 Å². The number of ether oxygens (including phenoxy) is 1. The molecule has 4 rings (SSSR count). The van der Waals surface area contributed by atoms with Crippen LogP contribution in [0, 0.1) is 0 Å². The lowest BCUT2D eigenvalue weighted by Gasteiger charge is -2.33. The van der Waals surface area contributed by atoms with Crippen LogP contribution in [0.1, 0.15) is 5.69 Å². The molecule has 2 saturated heterocycles. The maximum Gasteiger partial charge on any atom is 0.281 e. The number of thioether (sulfide) groups is 1. The van der Waals surface area contributed by atoms with Crippen LogP contribution in [0.3, 0.4) is 0 Å². The average Bonchev–Trinajstić information content (AvgIpc) is 2.89. The third-order valence-electron chi connectivity index (χ3n) is 3.94. The molecule has 0 saturated carbocycles. The predicted molar refractivity (Wildman–Crippen MR) is 99.1 cm³/mol. The maximum absolute atomic E-state index is 12.7. The first-order valence-electron chi connectivity index (χ1n) is 7.69. The molecule has 0 aliphatic carbocycles. The fourth-order valence-electron chi connectivity index (χ4n) is 2.75. The molecular formula is C17H15N3O2S2. The number of carbonyl (C=O) groups is 1. The van der Waals surface area contributed by atoms with E-state index in [0.717, 1.165) is 16.6 Å². The third-order valence-corrected chi connectivity index (χ3v) is 5.23. The number of pyridine rings is 1. The Morgan fingerprint density at radius 3 is 2.79 bits per heavy atom. The number of fused-ring (bicyclic) bond motifs is 1. The number of aromatic nitrogens is 1. The van der Waals surface area contributed by atoms with Crippen molar-refractivity contribution in [2.24, 2.45) is 0 Å². The summed E-state index contributed by atoms with van der Waals surface area (Å²) in [5, 5.41) is 4.63. The zero-order chi connectivity index (χ0) is 16.5. The number of amides is 1. The lowest BCUT2D eigenvalue weighted by atomic mass is 10.2. The summed E-state index contributed by atoms with van der Waals surface area (Å²) in [5.41, 5.74) is 1.67. The smallest absolute Gasteiger partial charge is 0.281 e. The van der Waals surface area contributed by atoms with Gasteiger partial charge in [0, 0.05) is 18.5 Å². The topological polar surface area (TPSA) is 45.7 Å². The number of para-hydroxylation sites is 1. The van der Waals surface area contributed by atoms with Crippen LogP contribution < -0.4 is 0 Å². The molecule has 1 amide bonds. The molecule has 2 aromatic rings. The Hall–Kier alpha value is -1.80. The molecule has 2 aliphatic rings. The third kappa shape index (κ3) is 2.95. The van der Waals surface area contributed by atoms with Gasteiger partial charge in [-0.1, -0.05) is 48.2 Å². The second-order valence-electron chi connectivity index (χ2n) is 5.49. The van der Waals surface area contributed by atoms with Gasteiger partial charge >= 0.3 is 0 Å². The standard InChI is InChI=1S/C17H15N3O2S2/c21-16-15(24-17(23)20(16)19-7-9-22-10-8-19)11-13-6-5-12-3-1-2-4-14(12)18-13/h1-6,11H,7-10H2. The largest absolute Gasteiger partial charge is 0.379 e. The molecule has 0 atom stereocenters. The number of rotatable bonds is 2. The molecule has 24 heavy (non-hydrogen) atoms. The number of carbonyl (C=O) groups excluding carboxylic acids is 1. The van der Waals surface area contributed by atoms with Crippen LogP contribution in [0.5, 0.6) is 0 Å². The molecule has 1 aromatic carbocycles. The molecule has 7 heteroatoms. The Bertz CT molecular complexity index is 847. The SMILES string of the molecule is O=C1C(=Cc2ccc3ccccc3n2)SC(=S)N1N1CCOCC1. The molecule has 2 fully saturated rings. The van der Waals surface area contributed by atoms with Crippen LogP contribution >= 0.6 is 24.0 Å². The number of nitrogens with zero attached hydrogens (tertiary/aromatic N) is 3. The van der Waals surface area contributed by atoms with Crippen LogP contribution in [0.2, 0.25) is 0 Å². The molecule has 0 spiro atoms. The fraction of sp³-hybridized carbons (Fsp3) is 0.235. The molecule has 0 unspecified atom stereocenters. The summed E-state index contributed by atoms with van der Waals surface area (Å²) in [7, 11) is 0. The number of hydrogen-bond acceptors (Lipinski definition) is 6. The number of hydrogen-bond donors (Lipinski definition) is 0. The molecule has 3 heterocycles. The van der Waals surface area contributed by atoms with Gasteiger partial charge in [-0.05, 0) is 18.2 Å². The zero-order valence-corrected chi connectivity index (χ0v) is 14.5. The van der Waals surface area contributed by atoms with Gasteiger partial charge in [0.2, 0.25) is 0 Å². The van der Waals surface area contributed by atoms with E-state index in [1.54, 1.807) is 5.01 Å². The number of benzene rings is 1. The Kier molecular flexibility index (Phi) is 4.32. The van der Waals surface area contributed by atoms with Gasteiger partial charge < -0.3 is 4.74 Å². The quantitative estimate of drug-likeness (QED) is 0.608. The number of morpholine rings is 1. The lowest BCUT2D eigenvalue weighted by molar-refractivity contribution is -0.138. The molecular weight excluding hydrogens is 342 g/mol. The van der Waals surface area contributed by atoms with E-state index in [0.29, 0.717) is 35.5 Å². The van der Waals surface area contributed by atoms with Crippen LogP contribution in [-0.2, 0) is 9.53 Å². The van der Waals surface area contributed by atoms with E-state index in [1.165, 1.54) is 11.8 Å². The van der Waals surface area contributed by atoms with Gasteiger partial charge in [-0.2, -0.15) is 0 Å². The van der Waals surface area contributed by atoms with Crippen molar-refractivity contribution in [2.45, 2.75) is 0 Å². The highest BCUT2D eigenvalue weighted by molar-refractivity contribution is 8.26. The van der Waals surface area contributed by atoms with Gasteiger partial charge in [0.05, 0.1) is 29.3 Å². The first kappa shape index (κ1) is 15.7. The van der Waals surface area contributed by atoms with Gasteiger partial charge in [-0.25, -0.2) is 15.0 Å². The average molecular weight is 357 g/mol. The molecule has 0 radical (unpaired) electrons. The Morgan fingerprint density at radius 2 is 1.96 bits per heavy atom. The van der Waals surface area contributed by atoms with Crippen molar-refractivity contribution in [3.05, 3.63) is 47.0 Å². The van der Waals surface area contributed by atoms with Crippen molar-refractivity contribution in [1.29, 1.82) is 0 Å². The molecule has 1 aromatic heterocycles. The first-order chi connectivity index (χ1) is 11.7. The minimum atomic E-state index is -0.0816. The van der Waals surface area contributed by atoms with Gasteiger partial charge in [0.1, 0.15) is 0 Å². The fourth-order valence-corrected chi connectivity index (χ4v) is 4.05. The van der Waals surface area contributed by atoms with E-state index in [-0.39, 0.29) is 5.91 Å². The van der Waals surface area contributed by atoms with E-state index in [9.17, 15) is 4.79 Å². The summed E-state index contributed by atoms with van der Waals surface area (Å²) < 4.78 is 5.90. The minimum absolute atomic E-state index is 0.0816. The zero-order valence-electron chi connectivity index (χ0n) is 12.8. The maximum atomic E-state index is 12.7. The highest BCUT2D eigenvalue weighted by atomic mass is 32.2. The number of hydrazine groups is 1. The molecule has 0 bridgehead atoms. The Morgan fingerprint density at radius 1 is 1.17 bits per heavy atom. The molecule has 0 N–H and O–H groups in total. The summed E-state index contributed by atoms with van der Waals surface area (Å²) >= 11 is 6.72. The van der Waals surface area contributed by atoms with Gasteiger partial charge in [0.25, 0.3) is 5.91 Å². The van der Waals surface area contributed by atoms with E-state index in [1.807, 2.05) is 47.5 Å². The first-order valence-corrected chi connectivity index (χ1v) is 8.91. The summed E-state index contributed by atoms with van der Waals surface area (Å²) in [5.74, 6) is -0.0816. The highest BCUT2D eigenvalue weighted by Crippen LogP contribution is 2.33. The summed E-state index contributed by atoms with van der Waals surface area (Å²) in [6.45, 7) is 2.58. The molecule has 5 nitrogen and oxygen atoms in total. The lowest BCUT2D eigenvalue weighted by Crippen LogP contribution is -2.50. The summed E-state index contributed by atoms with van der Waals surface area (Å²) in [6.07, 6.45) is 1.81. The van der Waals surface area contributed by atoms with Crippen molar-refractivity contribution < 1.29 is 9.53 Å². The van der Waals surface area contributed by atoms with Gasteiger partial charge in [-0.15, -0.1) is 0 Å². The van der Waals surface area contributed by atoms with Crippen molar-refractivity contribution in [1.82, 2.24) is 15.0 Å². The van der Waals surface area contributed by atoms with E-state index >= 15 is 0 Å². The normalized spacial score (nSPS) is 21.2. The van der Waals surface area contributed by atoms with E-state index in [2.05, 4.69) is 4.98 Å². The van der Waals surface area contributed by atoms with E-state index in [4.69, 9.17) is 17.0 Å². The minimum Gasteiger partial charge on any atom is -0.379 e. The van der Waals surface area contributed by atoms with Crippen molar-refractivity contribution in [3.8, 4) is 0 Å². The van der Waals surface area contributed by atoms with Crippen LogP contribution in [0.25, 0.3) is 17.0 Å². The van der Waals surface area contributed by atoms with E-state index < -0.39 is 0 Å². The van der Waals surface area contributed by atoms with Crippen LogP contribution in [0.4, 0.5) is 0 Å². The second-order valence-corrected chi connectivity index (χ2v) is 7.16. The summed E-state index contributed by atoms with van der Waals surface area (Å²) in [4.78, 5) is 17.9. The van der Waals surface area contributed by atoms with Crippen LogP contribution in [-0.4, -0.2) is 51.5 Å². The number of thiocarbonyl (C=S) groups is 1. The van der Waals surface area contributed by atoms with Gasteiger partial charge in [-0.3, -0.25) is 4.79 Å². The molecule has 122 valence electrons. The van der Waals surface area contributed by atoms with Gasteiger partial charge in [0.15, 0.2) is 4.32 Å². The van der Waals surface area contributed by atoms with Crippen LogP contribution in [0.15, 0.2) is 41.3 Å². The van der Waals surface area contributed by atoms with Crippen molar-refractivity contribution >= 4 is 51.2 Å². The molecule has 2 aliphatic heterocycles. The highest BCUT2D eigenvalue weighted by Gasteiger charge is 2.37. The second kappa shape index (κ2) is 6.60. The summed E-state index contributed by atoms with van der Waals surface area (Å²) in [6, 6.07) is 11.9.